The van der Waals surface area contributed by atoms with Crippen molar-refractivity contribution in [2.45, 2.75) is 10.3 Å². The van der Waals surface area contributed by atoms with Gasteiger partial charge in [-0.3, -0.25) is 4.79 Å². The van der Waals surface area contributed by atoms with Crippen molar-refractivity contribution in [2.24, 2.45) is 0 Å². The van der Waals surface area contributed by atoms with Crippen LogP contribution in [0.4, 0.5) is 0 Å². The molecule has 1 unspecified atom stereocenters. The molecule has 1 aromatic rings. The Morgan fingerprint density at radius 2 is 2.00 bits per heavy atom. The first-order valence-corrected chi connectivity index (χ1v) is 11.2. The smallest absolute Gasteiger partial charge is 0.254 e. The summed E-state index contributed by atoms with van der Waals surface area (Å²) >= 11 is 4.54. The first-order valence-electron chi connectivity index (χ1n) is 6.60. The van der Waals surface area contributed by atoms with Gasteiger partial charge in [-0.05, 0) is 11.4 Å². The van der Waals surface area contributed by atoms with E-state index in [9.17, 15) is 13.2 Å². The second-order valence-corrected chi connectivity index (χ2v) is 10.1. The molecule has 21 heavy (non-hydrogen) atoms. The van der Waals surface area contributed by atoms with E-state index in [2.05, 4.69) is 0 Å². The minimum absolute atomic E-state index is 0.0413. The predicted molar refractivity (Wildman–Crippen MR) is 88.4 cm³/mol. The van der Waals surface area contributed by atoms with Crippen LogP contribution in [0, 0.1) is 0 Å². The number of thiophene rings is 1. The van der Waals surface area contributed by atoms with E-state index in [1.54, 1.807) is 17.5 Å². The third-order valence-electron chi connectivity index (χ3n) is 3.51. The molecule has 5 nitrogen and oxygen atoms in total. The minimum Gasteiger partial charge on any atom is -0.340 e. The highest BCUT2D eigenvalue weighted by Crippen LogP contribution is 2.31. The van der Waals surface area contributed by atoms with E-state index in [0.717, 1.165) is 24.6 Å². The van der Waals surface area contributed by atoms with Crippen molar-refractivity contribution in [1.29, 1.82) is 0 Å². The summed E-state index contributed by atoms with van der Waals surface area (Å²) in [6.45, 7) is 1.44. The molecule has 3 heterocycles. The Morgan fingerprint density at radius 3 is 2.67 bits per heavy atom. The lowest BCUT2D eigenvalue weighted by Gasteiger charge is -2.31. The molecule has 2 fully saturated rings. The monoisotopic (exact) mass is 364 g/mol. The standard InChI is InChI=1S/C12H16N2O3S4/c15-12(13-3-6-18-7-4-13)10-8-19-9-14(10)21(16,17)11-2-1-5-20-11/h1-2,5,10H,3-4,6-9H2. The van der Waals surface area contributed by atoms with Crippen LogP contribution in [-0.2, 0) is 14.8 Å². The quantitative estimate of drug-likeness (QED) is 0.811. The summed E-state index contributed by atoms with van der Waals surface area (Å²) in [7, 11) is -3.55. The molecular weight excluding hydrogens is 348 g/mol. The van der Waals surface area contributed by atoms with Gasteiger partial charge in [0.15, 0.2) is 0 Å². The summed E-state index contributed by atoms with van der Waals surface area (Å²) in [6.07, 6.45) is 0. The van der Waals surface area contributed by atoms with Gasteiger partial charge in [0.05, 0.1) is 5.88 Å². The zero-order valence-corrected chi connectivity index (χ0v) is 14.6. The summed E-state index contributed by atoms with van der Waals surface area (Å²) in [5.41, 5.74) is 0. The van der Waals surface area contributed by atoms with Crippen LogP contribution in [0.3, 0.4) is 0 Å². The summed E-state index contributed by atoms with van der Waals surface area (Å²) < 4.78 is 27.0. The Bertz CT molecular complexity index is 596. The Balaban J connectivity index is 1.81. The van der Waals surface area contributed by atoms with Crippen molar-refractivity contribution < 1.29 is 13.2 Å². The average molecular weight is 365 g/mol. The fourth-order valence-electron chi connectivity index (χ4n) is 2.38. The largest absolute Gasteiger partial charge is 0.340 e. The zero-order valence-electron chi connectivity index (χ0n) is 11.3. The number of nitrogens with zero attached hydrogens (tertiary/aromatic N) is 2. The van der Waals surface area contributed by atoms with Crippen LogP contribution in [0.1, 0.15) is 0 Å². The molecule has 0 spiro atoms. The number of hydrogen-bond donors (Lipinski definition) is 0. The van der Waals surface area contributed by atoms with E-state index in [1.165, 1.54) is 27.4 Å². The fourth-order valence-corrected chi connectivity index (χ4v) is 7.54. The molecule has 0 N–H and O–H groups in total. The van der Waals surface area contributed by atoms with E-state index >= 15 is 0 Å². The summed E-state index contributed by atoms with van der Waals surface area (Å²) in [5.74, 6) is 2.74. The molecule has 0 saturated carbocycles. The highest BCUT2D eigenvalue weighted by Gasteiger charge is 2.42. The predicted octanol–water partition coefficient (Wildman–Crippen LogP) is 1.39. The molecule has 9 heteroatoms. The zero-order chi connectivity index (χ0) is 14.9. The fraction of sp³-hybridized carbons (Fsp3) is 0.583. The molecule has 2 saturated heterocycles. The average Bonchev–Trinajstić information content (AvgIpc) is 3.19. The van der Waals surface area contributed by atoms with Gasteiger partial charge in [-0.25, -0.2) is 8.42 Å². The van der Waals surface area contributed by atoms with Crippen molar-refractivity contribution in [3.8, 4) is 0 Å². The number of thioether (sulfide) groups is 2. The number of hydrogen-bond acceptors (Lipinski definition) is 6. The third-order valence-corrected chi connectivity index (χ3v) is 8.85. The maximum atomic E-state index is 12.6. The second-order valence-electron chi connectivity index (χ2n) is 4.78. The van der Waals surface area contributed by atoms with E-state index in [0.29, 0.717) is 15.8 Å². The molecule has 0 radical (unpaired) electrons. The molecule has 116 valence electrons. The van der Waals surface area contributed by atoms with Gasteiger partial charge in [0.25, 0.3) is 10.0 Å². The first kappa shape index (κ1) is 15.7. The molecule has 2 aliphatic rings. The lowest BCUT2D eigenvalue weighted by molar-refractivity contribution is -0.133. The molecule has 2 aliphatic heterocycles. The van der Waals surface area contributed by atoms with Crippen molar-refractivity contribution in [2.75, 3.05) is 36.2 Å². The van der Waals surface area contributed by atoms with Crippen LogP contribution in [-0.4, -0.2) is 65.8 Å². The molecule has 1 atom stereocenters. The molecule has 1 amide bonds. The molecule has 0 aliphatic carbocycles. The number of carbonyl (C=O) groups excluding carboxylic acids is 1. The van der Waals surface area contributed by atoms with Crippen molar-refractivity contribution >= 4 is 50.8 Å². The lowest BCUT2D eigenvalue weighted by Crippen LogP contribution is -2.50. The Labute approximate surface area is 137 Å². The van der Waals surface area contributed by atoms with E-state index in [1.807, 2.05) is 16.7 Å². The van der Waals surface area contributed by atoms with Gasteiger partial charge in [-0.15, -0.1) is 23.1 Å². The summed E-state index contributed by atoms with van der Waals surface area (Å²) in [5, 5.41) is 1.74. The van der Waals surface area contributed by atoms with Gasteiger partial charge in [-0.2, -0.15) is 16.1 Å². The van der Waals surface area contributed by atoms with Gasteiger partial charge < -0.3 is 4.90 Å². The number of amides is 1. The van der Waals surface area contributed by atoms with Crippen LogP contribution in [0.2, 0.25) is 0 Å². The van der Waals surface area contributed by atoms with Crippen molar-refractivity contribution in [3.05, 3.63) is 17.5 Å². The van der Waals surface area contributed by atoms with Gasteiger partial charge in [0, 0.05) is 30.3 Å². The molecule has 0 bridgehead atoms. The highest BCUT2D eigenvalue weighted by molar-refractivity contribution is 8.01. The van der Waals surface area contributed by atoms with E-state index in [-0.39, 0.29) is 5.91 Å². The number of rotatable bonds is 3. The number of carbonyl (C=O) groups is 1. The maximum Gasteiger partial charge on any atom is 0.254 e. The molecule has 1 aromatic heterocycles. The molecule has 0 aromatic carbocycles. The van der Waals surface area contributed by atoms with Gasteiger partial charge in [0.1, 0.15) is 10.3 Å². The topological polar surface area (TPSA) is 57.7 Å². The van der Waals surface area contributed by atoms with Gasteiger partial charge in [0.2, 0.25) is 5.91 Å². The molecule has 3 rings (SSSR count). The van der Waals surface area contributed by atoms with Gasteiger partial charge >= 0.3 is 0 Å². The van der Waals surface area contributed by atoms with Crippen LogP contribution in [0.5, 0.6) is 0 Å². The Kier molecular flexibility index (Phi) is 4.84. The van der Waals surface area contributed by atoms with Crippen molar-refractivity contribution in [1.82, 2.24) is 9.21 Å². The van der Waals surface area contributed by atoms with Gasteiger partial charge in [-0.1, -0.05) is 6.07 Å². The SMILES string of the molecule is O=C(C1CSCN1S(=O)(=O)c1cccs1)N1CCSCC1. The normalized spacial score (nSPS) is 24.4. The van der Waals surface area contributed by atoms with Crippen LogP contribution in [0.25, 0.3) is 0 Å². The highest BCUT2D eigenvalue weighted by atomic mass is 32.2. The van der Waals surface area contributed by atoms with E-state index in [4.69, 9.17) is 0 Å². The first-order chi connectivity index (χ1) is 10.1. The second kappa shape index (κ2) is 6.49. The Hall–Kier alpha value is -0.220. The minimum atomic E-state index is -3.55. The number of sulfonamides is 1. The van der Waals surface area contributed by atoms with E-state index < -0.39 is 16.1 Å². The summed E-state index contributed by atoms with van der Waals surface area (Å²) in [4.78, 5) is 14.4. The summed E-state index contributed by atoms with van der Waals surface area (Å²) in [6, 6.07) is 2.77. The third kappa shape index (κ3) is 3.12. The maximum absolute atomic E-state index is 12.6. The lowest BCUT2D eigenvalue weighted by atomic mass is 10.3. The molecular formula is C12H16N2O3S4. The van der Waals surface area contributed by atoms with Crippen LogP contribution < -0.4 is 0 Å². The Morgan fingerprint density at radius 1 is 1.24 bits per heavy atom. The van der Waals surface area contributed by atoms with Crippen molar-refractivity contribution in [3.63, 3.8) is 0 Å². The van der Waals surface area contributed by atoms with Crippen LogP contribution >= 0.6 is 34.9 Å². The van der Waals surface area contributed by atoms with Crippen LogP contribution in [0.15, 0.2) is 21.7 Å².